The molecule has 0 radical (unpaired) electrons. The zero-order valence-electron chi connectivity index (χ0n) is 8.57. The molecule has 0 fully saturated rings. The minimum absolute atomic E-state index is 0.0429. The van der Waals surface area contributed by atoms with Crippen LogP contribution in [0.15, 0.2) is 18.2 Å². The lowest BCUT2D eigenvalue weighted by Crippen LogP contribution is -2.28. The summed E-state index contributed by atoms with van der Waals surface area (Å²) in [5, 5.41) is 13.4. The van der Waals surface area contributed by atoms with Gasteiger partial charge >= 0.3 is 0 Å². The third-order valence-corrected chi connectivity index (χ3v) is 4.06. The fraction of sp³-hybridized carbons (Fsp3) is 0.300. The van der Waals surface area contributed by atoms with Gasteiger partial charge in [-0.05, 0) is 12.5 Å². The number of carbonyl (C=O) groups is 1. The quantitative estimate of drug-likeness (QED) is 0.529. The highest BCUT2D eigenvalue weighted by atomic mass is 79.9. The lowest BCUT2D eigenvalue weighted by Gasteiger charge is -2.17. The van der Waals surface area contributed by atoms with Crippen LogP contribution < -0.4 is 5.32 Å². The molecule has 0 saturated heterocycles. The Bertz CT molecular complexity index is 508. The van der Waals surface area contributed by atoms with E-state index in [-0.39, 0.29) is 17.5 Å². The predicted octanol–water partition coefficient (Wildman–Crippen LogP) is 2.77. The van der Waals surface area contributed by atoms with E-state index in [1.165, 1.54) is 18.2 Å². The van der Waals surface area contributed by atoms with Crippen molar-refractivity contribution in [2.24, 2.45) is 0 Å². The summed E-state index contributed by atoms with van der Waals surface area (Å²) in [6.45, 7) is 0. The van der Waals surface area contributed by atoms with Crippen LogP contribution in [-0.4, -0.2) is 16.7 Å². The summed E-state index contributed by atoms with van der Waals surface area (Å²) in [6, 6.07) is 4.29. The number of non-ortho nitro benzene ring substituents is 1. The third kappa shape index (κ3) is 1.91. The number of halogens is 2. The number of anilines is 1. The van der Waals surface area contributed by atoms with Gasteiger partial charge in [0.1, 0.15) is 4.32 Å². The summed E-state index contributed by atoms with van der Waals surface area (Å²) < 4.78 is -0.962. The standard InChI is InChI=1S/C10H8BrClN2O3/c11-10(3-4-12)7-5-6(14(16)17)1-2-8(7)13-9(10)15/h1-2,5H,3-4H2,(H,13,15). The van der Waals surface area contributed by atoms with Crippen molar-refractivity contribution >= 4 is 44.8 Å². The highest BCUT2D eigenvalue weighted by molar-refractivity contribution is 9.10. The Labute approximate surface area is 110 Å². The summed E-state index contributed by atoms with van der Waals surface area (Å²) >= 11 is 9.00. The number of alkyl halides is 2. The first-order chi connectivity index (χ1) is 7.99. The highest BCUT2D eigenvalue weighted by Gasteiger charge is 2.44. The first-order valence-electron chi connectivity index (χ1n) is 4.84. The number of nitrogens with zero attached hydrogens (tertiary/aromatic N) is 1. The van der Waals surface area contributed by atoms with E-state index in [9.17, 15) is 14.9 Å². The number of rotatable bonds is 3. The summed E-state index contributed by atoms with van der Waals surface area (Å²) in [7, 11) is 0. The molecule has 0 bridgehead atoms. The predicted molar refractivity (Wildman–Crippen MR) is 67.7 cm³/mol. The second kappa shape index (κ2) is 4.27. The molecule has 1 aliphatic heterocycles. The number of nitro groups is 1. The molecule has 1 aliphatic rings. The second-order valence-electron chi connectivity index (χ2n) is 3.68. The molecule has 1 atom stereocenters. The summed E-state index contributed by atoms with van der Waals surface area (Å²) in [5.74, 6) is 0.0366. The lowest BCUT2D eigenvalue weighted by atomic mass is 9.97. The lowest BCUT2D eigenvalue weighted by molar-refractivity contribution is -0.384. The summed E-state index contributed by atoms with van der Waals surface area (Å²) in [5.41, 5.74) is 1.11. The molecule has 1 aromatic rings. The zero-order valence-corrected chi connectivity index (χ0v) is 10.9. The van der Waals surface area contributed by atoms with Crippen molar-refractivity contribution in [1.29, 1.82) is 0 Å². The number of nitro benzene ring substituents is 1. The van der Waals surface area contributed by atoms with E-state index >= 15 is 0 Å². The Morgan fingerprint density at radius 2 is 2.24 bits per heavy atom. The molecule has 2 rings (SSSR count). The van der Waals surface area contributed by atoms with Crippen LogP contribution in [0.4, 0.5) is 11.4 Å². The summed E-state index contributed by atoms with van der Waals surface area (Å²) in [4.78, 5) is 22.1. The van der Waals surface area contributed by atoms with Gasteiger partial charge in [-0.25, -0.2) is 0 Å². The molecular formula is C10H8BrClN2O3. The first-order valence-corrected chi connectivity index (χ1v) is 6.17. The molecule has 5 nitrogen and oxygen atoms in total. The third-order valence-electron chi connectivity index (χ3n) is 2.69. The molecule has 90 valence electrons. The van der Waals surface area contributed by atoms with Crippen molar-refractivity contribution in [2.75, 3.05) is 11.2 Å². The molecular weight excluding hydrogens is 311 g/mol. The maximum Gasteiger partial charge on any atom is 0.269 e. The smallest absolute Gasteiger partial charge is 0.269 e. The van der Waals surface area contributed by atoms with Gasteiger partial charge < -0.3 is 5.32 Å². The van der Waals surface area contributed by atoms with Crippen LogP contribution in [0, 0.1) is 10.1 Å². The van der Waals surface area contributed by atoms with Crippen molar-refractivity contribution in [3.05, 3.63) is 33.9 Å². The topological polar surface area (TPSA) is 72.2 Å². The molecule has 1 amide bonds. The normalized spacial score (nSPS) is 22.1. The Morgan fingerprint density at radius 3 is 2.82 bits per heavy atom. The van der Waals surface area contributed by atoms with Crippen LogP contribution in [0.2, 0.25) is 0 Å². The average Bonchev–Trinajstić information content (AvgIpc) is 2.52. The van der Waals surface area contributed by atoms with Crippen molar-refractivity contribution < 1.29 is 9.72 Å². The number of carbonyl (C=O) groups excluding carboxylic acids is 1. The van der Waals surface area contributed by atoms with Gasteiger partial charge in [-0.2, -0.15) is 0 Å². The fourth-order valence-corrected chi connectivity index (χ4v) is 2.94. The molecule has 0 saturated carbocycles. The SMILES string of the molecule is O=C1Nc2ccc([N+](=O)[O-])cc2C1(Br)CCCl. The van der Waals surface area contributed by atoms with Crippen molar-refractivity contribution in [2.45, 2.75) is 10.7 Å². The Morgan fingerprint density at radius 1 is 1.53 bits per heavy atom. The monoisotopic (exact) mass is 318 g/mol. The van der Waals surface area contributed by atoms with Gasteiger partial charge in [0.2, 0.25) is 5.91 Å². The van der Waals surface area contributed by atoms with E-state index in [0.29, 0.717) is 17.7 Å². The second-order valence-corrected chi connectivity index (χ2v) is 5.41. The van der Waals surface area contributed by atoms with Crippen LogP contribution in [-0.2, 0) is 9.12 Å². The molecule has 0 spiro atoms. The molecule has 1 N–H and O–H groups in total. The van der Waals surface area contributed by atoms with Gasteiger partial charge in [-0.15, -0.1) is 11.6 Å². The maximum absolute atomic E-state index is 11.8. The Kier molecular flexibility index (Phi) is 3.09. The van der Waals surface area contributed by atoms with Crippen LogP contribution in [0.1, 0.15) is 12.0 Å². The highest BCUT2D eigenvalue weighted by Crippen LogP contribution is 2.46. The van der Waals surface area contributed by atoms with E-state index in [2.05, 4.69) is 21.2 Å². The van der Waals surface area contributed by atoms with E-state index in [1.54, 1.807) is 0 Å². The van der Waals surface area contributed by atoms with Crippen LogP contribution in [0.3, 0.4) is 0 Å². The molecule has 17 heavy (non-hydrogen) atoms. The zero-order chi connectivity index (χ0) is 12.6. The van der Waals surface area contributed by atoms with Gasteiger partial charge in [0.15, 0.2) is 0 Å². The Balaban J connectivity index is 2.53. The number of hydrogen-bond acceptors (Lipinski definition) is 3. The van der Waals surface area contributed by atoms with Gasteiger partial charge in [-0.3, -0.25) is 14.9 Å². The summed E-state index contributed by atoms with van der Waals surface area (Å²) in [6.07, 6.45) is 0.370. The number of fused-ring (bicyclic) bond motifs is 1. The van der Waals surface area contributed by atoms with E-state index in [4.69, 9.17) is 11.6 Å². The number of hydrogen-bond donors (Lipinski definition) is 1. The number of nitrogens with one attached hydrogen (secondary N) is 1. The van der Waals surface area contributed by atoms with Crippen LogP contribution >= 0.6 is 27.5 Å². The minimum Gasteiger partial charge on any atom is -0.324 e. The minimum atomic E-state index is -0.962. The number of benzene rings is 1. The number of amides is 1. The van der Waals surface area contributed by atoms with Gasteiger partial charge in [-0.1, -0.05) is 15.9 Å². The molecule has 0 aromatic heterocycles. The molecule has 1 unspecified atom stereocenters. The van der Waals surface area contributed by atoms with Gasteiger partial charge in [0, 0.05) is 29.3 Å². The maximum atomic E-state index is 11.8. The van der Waals surface area contributed by atoms with E-state index in [1.807, 2.05) is 0 Å². The van der Waals surface area contributed by atoms with Crippen molar-refractivity contribution in [3.8, 4) is 0 Å². The molecule has 7 heteroatoms. The first kappa shape index (κ1) is 12.3. The van der Waals surface area contributed by atoms with Crippen LogP contribution in [0.5, 0.6) is 0 Å². The van der Waals surface area contributed by atoms with Gasteiger partial charge in [0.25, 0.3) is 5.69 Å². The van der Waals surface area contributed by atoms with Crippen LogP contribution in [0.25, 0.3) is 0 Å². The average molecular weight is 320 g/mol. The van der Waals surface area contributed by atoms with E-state index in [0.717, 1.165) is 0 Å². The molecule has 1 aromatic carbocycles. The Hall–Kier alpha value is -1.14. The van der Waals surface area contributed by atoms with Crippen molar-refractivity contribution in [1.82, 2.24) is 0 Å². The fourth-order valence-electron chi connectivity index (χ4n) is 1.80. The molecule has 1 heterocycles. The largest absolute Gasteiger partial charge is 0.324 e. The molecule has 0 aliphatic carbocycles. The van der Waals surface area contributed by atoms with E-state index < -0.39 is 9.25 Å². The van der Waals surface area contributed by atoms with Gasteiger partial charge in [0.05, 0.1) is 4.92 Å². The van der Waals surface area contributed by atoms with Crippen molar-refractivity contribution in [3.63, 3.8) is 0 Å².